The predicted octanol–water partition coefficient (Wildman–Crippen LogP) is 6.19. The molecule has 1 aliphatic heterocycles. The summed E-state index contributed by atoms with van der Waals surface area (Å²) in [7, 11) is 0. The molecule has 0 aliphatic carbocycles. The van der Waals surface area contributed by atoms with E-state index >= 15 is 0 Å². The van der Waals surface area contributed by atoms with Gasteiger partial charge in [-0.15, -0.1) is 10.2 Å². The van der Waals surface area contributed by atoms with Crippen molar-refractivity contribution < 1.29 is 9.84 Å². The van der Waals surface area contributed by atoms with Gasteiger partial charge in [0.2, 0.25) is 11.0 Å². The summed E-state index contributed by atoms with van der Waals surface area (Å²) in [6.07, 6.45) is -0.534. The first-order valence-corrected chi connectivity index (χ1v) is 11.6. The van der Waals surface area contributed by atoms with Gasteiger partial charge in [-0.05, 0) is 41.9 Å². The van der Waals surface area contributed by atoms with Crippen LogP contribution in [0.2, 0.25) is 0 Å². The number of hydrogen-bond donors (Lipinski definition) is 2. The number of hydrogen-bond acceptors (Lipinski definition) is 7. The summed E-state index contributed by atoms with van der Waals surface area (Å²) in [4.78, 5) is 4.64. The summed E-state index contributed by atoms with van der Waals surface area (Å²) in [5.74, 6) is 1.53. The Bertz CT molecular complexity index is 1190. The highest BCUT2D eigenvalue weighted by atomic mass is 32.2. The van der Waals surface area contributed by atoms with Gasteiger partial charge in [0, 0.05) is 27.9 Å². The van der Waals surface area contributed by atoms with Crippen LogP contribution in [-0.4, -0.2) is 26.0 Å². The zero-order valence-electron chi connectivity index (χ0n) is 19.1. The fourth-order valence-electron chi connectivity index (χ4n) is 3.69. The molecule has 2 aromatic carbocycles. The third kappa shape index (κ3) is 4.17. The van der Waals surface area contributed by atoms with Gasteiger partial charge in [-0.3, -0.25) is 0 Å². The zero-order valence-corrected chi connectivity index (χ0v) is 19.9. The molecule has 0 fully saturated rings. The molecule has 32 heavy (non-hydrogen) atoms. The predicted molar refractivity (Wildman–Crippen MR) is 130 cm³/mol. The molecule has 3 aromatic rings. The zero-order chi connectivity index (χ0) is 23.0. The number of para-hydroxylation sites is 1. The smallest absolute Gasteiger partial charge is 0.247 e. The number of nitrogens with zero attached hydrogens (tertiary/aromatic N) is 3. The molecule has 6 nitrogen and oxygen atoms in total. The Morgan fingerprint density at radius 2 is 1.97 bits per heavy atom. The average molecular weight is 449 g/mol. The number of thioether (sulfide) groups is 1. The number of aromatic nitrogens is 3. The first kappa shape index (κ1) is 22.1. The van der Waals surface area contributed by atoms with Gasteiger partial charge in [-0.25, -0.2) is 0 Å². The second kappa shape index (κ2) is 8.47. The molecule has 0 bridgehead atoms. The molecule has 0 radical (unpaired) electrons. The molecule has 7 heteroatoms. The van der Waals surface area contributed by atoms with Gasteiger partial charge in [0.25, 0.3) is 0 Å². The largest absolute Gasteiger partial charge is 0.507 e. The van der Waals surface area contributed by atoms with Crippen LogP contribution in [0.3, 0.4) is 0 Å². The van der Waals surface area contributed by atoms with E-state index in [0.717, 1.165) is 33.7 Å². The Hall–Kier alpha value is -3.06. The van der Waals surface area contributed by atoms with E-state index in [0.29, 0.717) is 22.3 Å². The lowest BCUT2D eigenvalue weighted by Gasteiger charge is -2.26. The lowest BCUT2D eigenvalue weighted by atomic mass is 9.83. The van der Waals surface area contributed by atoms with Crippen LogP contribution in [0.4, 0.5) is 5.69 Å². The van der Waals surface area contributed by atoms with E-state index in [1.165, 1.54) is 11.8 Å². The summed E-state index contributed by atoms with van der Waals surface area (Å²) < 4.78 is 6.41. The van der Waals surface area contributed by atoms with Crippen molar-refractivity contribution in [3.8, 4) is 22.9 Å². The van der Waals surface area contributed by atoms with E-state index in [2.05, 4.69) is 47.8 Å². The third-order valence-corrected chi connectivity index (χ3v) is 6.03. The standard InChI is InChI=1S/C25H28N4O2S/c1-7-32-24-27-23-20(28-29-24)16-10-8-9-11-19(16)26-22(31-23)15-12-17(14(2)3)21(30)18(13-15)25(4,5)6/h8-13,22,26,30H,2,7H2,1,3-6H3. The van der Waals surface area contributed by atoms with Crippen LogP contribution in [0, 0.1) is 0 Å². The summed E-state index contributed by atoms with van der Waals surface area (Å²) >= 11 is 1.52. The Morgan fingerprint density at radius 3 is 2.66 bits per heavy atom. The maximum atomic E-state index is 10.9. The minimum Gasteiger partial charge on any atom is -0.507 e. The van der Waals surface area contributed by atoms with Crippen molar-refractivity contribution in [2.75, 3.05) is 11.1 Å². The van der Waals surface area contributed by atoms with Crippen molar-refractivity contribution in [3.63, 3.8) is 0 Å². The van der Waals surface area contributed by atoms with Crippen LogP contribution in [-0.2, 0) is 5.41 Å². The Labute approximate surface area is 193 Å². The fraction of sp³-hybridized carbons (Fsp3) is 0.320. The number of rotatable bonds is 4. The third-order valence-electron chi connectivity index (χ3n) is 5.31. The van der Waals surface area contributed by atoms with E-state index in [1.807, 2.05) is 50.2 Å². The average Bonchev–Trinajstić information content (AvgIpc) is 2.89. The highest BCUT2D eigenvalue weighted by Gasteiger charge is 2.29. The second-order valence-electron chi connectivity index (χ2n) is 8.86. The van der Waals surface area contributed by atoms with E-state index in [9.17, 15) is 5.11 Å². The molecular formula is C25H28N4O2S. The number of phenols is 1. The number of ether oxygens (including phenoxy) is 1. The van der Waals surface area contributed by atoms with E-state index in [1.54, 1.807) is 0 Å². The van der Waals surface area contributed by atoms with Gasteiger partial charge in [0.15, 0.2) is 11.9 Å². The topological polar surface area (TPSA) is 80.2 Å². The van der Waals surface area contributed by atoms with Crippen molar-refractivity contribution in [3.05, 3.63) is 59.7 Å². The van der Waals surface area contributed by atoms with Gasteiger partial charge in [-0.2, -0.15) is 4.98 Å². The number of nitrogens with one attached hydrogen (secondary N) is 1. The molecule has 1 aromatic heterocycles. The maximum absolute atomic E-state index is 10.9. The van der Waals surface area contributed by atoms with Gasteiger partial charge in [-0.1, -0.05) is 64.2 Å². The molecule has 1 atom stereocenters. The molecule has 2 heterocycles. The molecule has 166 valence electrons. The molecule has 2 N–H and O–H groups in total. The fourth-order valence-corrected chi connectivity index (χ4v) is 4.20. The minimum absolute atomic E-state index is 0.258. The highest BCUT2D eigenvalue weighted by molar-refractivity contribution is 7.99. The quantitative estimate of drug-likeness (QED) is 0.461. The molecule has 4 rings (SSSR count). The first-order valence-electron chi connectivity index (χ1n) is 10.6. The molecule has 0 spiro atoms. The normalized spacial score (nSPS) is 15.1. The lowest BCUT2D eigenvalue weighted by molar-refractivity contribution is 0.225. The van der Waals surface area contributed by atoms with Crippen LogP contribution in [0.1, 0.15) is 57.5 Å². The molecule has 1 unspecified atom stereocenters. The number of allylic oxidation sites excluding steroid dienone is 1. The van der Waals surface area contributed by atoms with Crippen molar-refractivity contribution in [2.45, 2.75) is 51.4 Å². The first-order chi connectivity index (χ1) is 15.2. The SMILES string of the molecule is C=C(C)c1cc(C2Nc3ccccc3-c3nnc(SCC)nc3O2)cc(C(C)(C)C)c1O. The second-order valence-corrected chi connectivity index (χ2v) is 10.1. The van der Waals surface area contributed by atoms with Crippen LogP contribution in [0.5, 0.6) is 11.6 Å². The number of benzene rings is 2. The number of aromatic hydroxyl groups is 1. The van der Waals surface area contributed by atoms with Crippen LogP contribution >= 0.6 is 11.8 Å². The molecule has 0 amide bonds. The lowest BCUT2D eigenvalue weighted by Crippen LogP contribution is -2.19. The molecular weight excluding hydrogens is 420 g/mol. The van der Waals surface area contributed by atoms with Crippen LogP contribution in [0.15, 0.2) is 48.1 Å². The van der Waals surface area contributed by atoms with Crippen LogP contribution < -0.4 is 10.1 Å². The summed E-state index contributed by atoms with van der Waals surface area (Å²) in [6, 6.07) is 11.8. The van der Waals surface area contributed by atoms with Gasteiger partial charge >= 0.3 is 0 Å². The number of fused-ring (bicyclic) bond motifs is 3. The summed E-state index contributed by atoms with van der Waals surface area (Å²) in [5.41, 5.74) is 5.30. The molecule has 0 saturated heterocycles. The van der Waals surface area contributed by atoms with Crippen LogP contribution in [0.25, 0.3) is 16.8 Å². The van der Waals surface area contributed by atoms with Gasteiger partial charge < -0.3 is 15.2 Å². The number of anilines is 1. The van der Waals surface area contributed by atoms with Crippen molar-refractivity contribution in [2.24, 2.45) is 0 Å². The molecule has 0 saturated carbocycles. The number of phenolic OH excluding ortho intramolecular Hbond substituents is 1. The Kier molecular flexibility index (Phi) is 5.86. The van der Waals surface area contributed by atoms with E-state index in [4.69, 9.17) is 4.74 Å². The Balaban J connectivity index is 1.89. The van der Waals surface area contributed by atoms with Crippen molar-refractivity contribution in [1.29, 1.82) is 0 Å². The van der Waals surface area contributed by atoms with Crippen molar-refractivity contribution >= 4 is 23.0 Å². The summed E-state index contributed by atoms with van der Waals surface area (Å²) in [5, 5.41) is 23.7. The van der Waals surface area contributed by atoms with E-state index < -0.39 is 6.23 Å². The monoisotopic (exact) mass is 448 g/mol. The minimum atomic E-state index is -0.534. The highest BCUT2D eigenvalue weighted by Crippen LogP contribution is 2.42. The molecule has 1 aliphatic rings. The summed E-state index contributed by atoms with van der Waals surface area (Å²) in [6.45, 7) is 14.2. The Morgan fingerprint density at radius 1 is 1.22 bits per heavy atom. The van der Waals surface area contributed by atoms with E-state index in [-0.39, 0.29) is 11.2 Å². The van der Waals surface area contributed by atoms with Gasteiger partial charge in [0.05, 0.1) is 0 Å². The van der Waals surface area contributed by atoms with Crippen molar-refractivity contribution in [1.82, 2.24) is 15.2 Å². The van der Waals surface area contributed by atoms with Gasteiger partial charge in [0.1, 0.15) is 5.75 Å². The maximum Gasteiger partial charge on any atom is 0.247 e.